The smallest absolute Gasteiger partial charge is 0.333 e. The minimum atomic E-state index is -0.957. The van der Waals surface area contributed by atoms with Crippen molar-refractivity contribution in [3.8, 4) is 22.6 Å². The molecule has 0 aromatic heterocycles. The molecule has 0 heterocycles. The Morgan fingerprint density at radius 2 is 1.19 bits per heavy atom. The van der Waals surface area contributed by atoms with E-state index >= 15 is 8.78 Å². The van der Waals surface area contributed by atoms with Crippen LogP contribution in [0.4, 0.5) is 8.78 Å². The fraction of sp³-hybridized carbons (Fsp3) is 0.522. The number of rotatable bonds is 30. The van der Waals surface area contributed by atoms with Gasteiger partial charge in [-0.1, -0.05) is 59.3 Å². The topological polar surface area (TPSA) is 139 Å². The van der Waals surface area contributed by atoms with Gasteiger partial charge in [0.25, 0.3) is 0 Å². The first kappa shape index (κ1) is 49.1. The minimum absolute atomic E-state index is 0.0358. The maximum atomic E-state index is 15.1. The quantitative estimate of drug-likeness (QED) is 0.0324. The number of hydrogen-bond acceptors (Lipinski definition) is 10. The number of Topliss-reactive ketones (excluding diaryl/α,β-unsaturated/α-hetero) is 4. The van der Waals surface area contributed by atoms with Gasteiger partial charge in [-0.3, -0.25) is 19.2 Å². The lowest BCUT2D eigenvalue weighted by molar-refractivity contribution is -0.144. The van der Waals surface area contributed by atoms with E-state index in [1.54, 1.807) is 39.0 Å². The monoisotopic (exact) mass is 810 g/mol. The SMILES string of the molecule is C=C(C)C(=O)OCCCc1cc(-c2cc(F)c(OCCCCCC)c(F)c2)ccc1OCCCC(CCC(=O)C(=O)CC)(CCC(=O)C(=O)CC)COC(=O)C(=C)C. The number of aryl methyl sites for hydroxylation is 1. The number of carbonyl (C=O) groups excluding carboxylic acids is 6. The van der Waals surface area contributed by atoms with Crippen molar-refractivity contribution in [2.45, 2.75) is 125 Å². The van der Waals surface area contributed by atoms with Crippen LogP contribution < -0.4 is 9.47 Å². The molecule has 0 radical (unpaired) electrons. The first-order chi connectivity index (χ1) is 27.6. The van der Waals surface area contributed by atoms with E-state index in [1.807, 2.05) is 0 Å². The summed E-state index contributed by atoms with van der Waals surface area (Å²) in [4.78, 5) is 74.1. The van der Waals surface area contributed by atoms with Crippen molar-refractivity contribution in [2.75, 3.05) is 26.4 Å². The lowest BCUT2D eigenvalue weighted by atomic mass is 9.74. The predicted octanol–water partition coefficient (Wildman–Crippen LogP) is 9.56. The first-order valence-corrected chi connectivity index (χ1v) is 20.2. The molecule has 12 heteroatoms. The van der Waals surface area contributed by atoms with Crippen LogP contribution in [0.3, 0.4) is 0 Å². The second-order valence-corrected chi connectivity index (χ2v) is 14.7. The molecule has 2 aromatic carbocycles. The number of halogens is 2. The highest BCUT2D eigenvalue weighted by atomic mass is 19.1. The first-order valence-electron chi connectivity index (χ1n) is 20.2. The largest absolute Gasteiger partial charge is 0.493 e. The second kappa shape index (κ2) is 25.4. The van der Waals surface area contributed by atoms with E-state index in [0.717, 1.165) is 19.3 Å². The number of unbranched alkanes of at least 4 members (excludes halogenated alkanes) is 3. The lowest BCUT2D eigenvalue weighted by Crippen LogP contribution is -2.32. The van der Waals surface area contributed by atoms with E-state index in [9.17, 15) is 28.8 Å². The number of ketones is 4. The van der Waals surface area contributed by atoms with E-state index < -0.39 is 57.9 Å². The van der Waals surface area contributed by atoms with Crippen LogP contribution in [0.15, 0.2) is 54.6 Å². The molecular weight excluding hydrogens is 750 g/mol. The van der Waals surface area contributed by atoms with Gasteiger partial charge in [0.15, 0.2) is 40.5 Å². The summed E-state index contributed by atoms with van der Waals surface area (Å²) >= 11 is 0. The molecule has 2 aromatic rings. The molecule has 0 saturated carbocycles. The van der Waals surface area contributed by atoms with Gasteiger partial charge in [0, 0.05) is 42.2 Å². The maximum Gasteiger partial charge on any atom is 0.333 e. The van der Waals surface area contributed by atoms with E-state index in [2.05, 4.69) is 20.1 Å². The van der Waals surface area contributed by atoms with Crippen molar-refractivity contribution in [3.05, 3.63) is 71.8 Å². The highest BCUT2D eigenvalue weighted by Gasteiger charge is 2.34. The van der Waals surface area contributed by atoms with Crippen molar-refractivity contribution < 1.29 is 56.5 Å². The van der Waals surface area contributed by atoms with Crippen molar-refractivity contribution in [3.63, 3.8) is 0 Å². The summed E-state index contributed by atoms with van der Waals surface area (Å²) in [7, 11) is 0. The highest BCUT2D eigenvalue weighted by molar-refractivity contribution is 6.37. The highest BCUT2D eigenvalue weighted by Crippen LogP contribution is 2.37. The van der Waals surface area contributed by atoms with Crippen LogP contribution in [-0.4, -0.2) is 61.5 Å². The molecule has 0 bridgehead atoms. The molecule has 0 atom stereocenters. The lowest BCUT2D eigenvalue weighted by Gasteiger charge is -2.33. The van der Waals surface area contributed by atoms with Crippen LogP contribution in [0.25, 0.3) is 11.1 Å². The molecule has 0 unspecified atom stereocenters. The normalized spacial score (nSPS) is 11.1. The van der Waals surface area contributed by atoms with Crippen LogP contribution in [0, 0.1) is 17.0 Å². The molecule has 58 heavy (non-hydrogen) atoms. The molecule has 0 spiro atoms. The maximum absolute atomic E-state index is 15.1. The summed E-state index contributed by atoms with van der Waals surface area (Å²) in [5, 5.41) is 0. The predicted molar refractivity (Wildman–Crippen MR) is 218 cm³/mol. The number of hydrogen-bond donors (Lipinski definition) is 0. The van der Waals surface area contributed by atoms with E-state index in [0.29, 0.717) is 49.0 Å². The Bertz CT molecular complexity index is 1720. The number of benzene rings is 2. The van der Waals surface area contributed by atoms with Crippen LogP contribution in [-0.2, 0) is 44.7 Å². The second-order valence-electron chi connectivity index (χ2n) is 14.7. The molecule has 0 N–H and O–H groups in total. The standard InChI is InChI=1S/C46H60F2O10/c1-8-11-12-13-24-56-43-36(47)28-35(29-37(43)48)33-17-18-42(34(27-33)16-14-25-57-44(53)31(4)5)55-26-15-21-46(30-58-45(54)32(6)7,22-19-40(51)38(49)9-2)23-20-41(52)39(50)10-3/h17-18,27-29H,4,6,8-16,19-26,30H2,1-3,5,7H3. The van der Waals surface area contributed by atoms with Crippen LogP contribution in [0.1, 0.15) is 124 Å². The van der Waals surface area contributed by atoms with Gasteiger partial charge in [0.2, 0.25) is 0 Å². The Labute approximate surface area is 341 Å². The molecule has 0 saturated heterocycles. The zero-order valence-corrected chi connectivity index (χ0v) is 34.9. The Hall–Kier alpha value is -5.00. The van der Waals surface area contributed by atoms with Crippen molar-refractivity contribution in [2.24, 2.45) is 5.41 Å². The van der Waals surface area contributed by atoms with Crippen LogP contribution in [0.2, 0.25) is 0 Å². The van der Waals surface area contributed by atoms with Gasteiger partial charge in [-0.05, 0) is 99.7 Å². The molecule has 2 rings (SSSR count). The number of ether oxygens (including phenoxy) is 4. The number of carbonyl (C=O) groups is 6. The summed E-state index contributed by atoms with van der Waals surface area (Å²) in [6, 6.07) is 7.55. The van der Waals surface area contributed by atoms with Gasteiger partial charge in [0.1, 0.15) is 5.75 Å². The molecular formula is C46H60F2O10. The summed E-state index contributed by atoms with van der Waals surface area (Å²) in [6.45, 7) is 15.7. The van der Waals surface area contributed by atoms with E-state index in [1.165, 1.54) is 19.1 Å². The average molecular weight is 811 g/mol. The summed E-state index contributed by atoms with van der Waals surface area (Å²) in [5.74, 6) is -5.00. The van der Waals surface area contributed by atoms with Gasteiger partial charge in [0.05, 0.1) is 26.4 Å². The molecule has 0 aliphatic heterocycles. The summed E-state index contributed by atoms with van der Waals surface area (Å²) in [6.07, 6.45) is 5.08. The fourth-order valence-electron chi connectivity index (χ4n) is 6.21. The molecule has 0 aliphatic carbocycles. The third-order valence-electron chi connectivity index (χ3n) is 9.80. The van der Waals surface area contributed by atoms with Crippen molar-refractivity contribution in [1.29, 1.82) is 0 Å². The Kier molecular flexibility index (Phi) is 21.5. The molecule has 0 fully saturated rings. The van der Waals surface area contributed by atoms with Gasteiger partial charge in [-0.25, -0.2) is 18.4 Å². The Balaban J connectivity index is 2.38. The third kappa shape index (κ3) is 16.5. The molecule has 318 valence electrons. The van der Waals surface area contributed by atoms with Crippen molar-refractivity contribution >= 4 is 35.1 Å². The zero-order chi connectivity index (χ0) is 43.3. The van der Waals surface area contributed by atoms with Gasteiger partial charge in [-0.15, -0.1) is 0 Å². The minimum Gasteiger partial charge on any atom is -0.493 e. The third-order valence-corrected chi connectivity index (χ3v) is 9.80. The van der Waals surface area contributed by atoms with Gasteiger partial charge in [-0.2, -0.15) is 0 Å². The molecule has 0 amide bonds. The van der Waals surface area contributed by atoms with E-state index in [4.69, 9.17) is 18.9 Å². The zero-order valence-electron chi connectivity index (χ0n) is 34.9. The fourth-order valence-corrected chi connectivity index (χ4v) is 6.21. The van der Waals surface area contributed by atoms with Crippen LogP contribution >= 0.6 is 0 Å². The molecule has 0 aliphatic rings. The van der Waals surface area contributed by atoms with E-state index in [-0.39, 0.29) is 81.7 Å². The Morgan fingerprint density at radius 3 is 1.74 bits per heavy atom. The van der Waals surface area contributed by atoms with Crippen molar-refractivity contribution in [1.82, 2.24) is 0 Å². The van der Waals surface area contributed by atoms with Gasteiger partial charge < -0.3 is 18.9 Å². The van der Waals surface area contributed by atoms with Gasteiger partial charge >= 0.3 is 11.9 Å². The van der Waals surface area contributed by atoms with Crippen LogP contribution in [0.5, 0.6) is 11.5 Å². The Morgan fingerprint density at radius 1 is 0.621 bits per heavy atom. The summed E-state index contributed by atoms with van der Waals surface area (Å²) < 4.78 is 52.8. The summed E-state index contributed by atoms with van der Waals surface area (Å²) in [5.41, 5.74) is 0.943. The average Bonchev–Trinajstić information content (AvgIpc) is 3.20. The number of esters is 2. The molecule has 10 nitrogen and oxygen atoms in total.